The summed E-state index contributed by atoms with van der Waals surface area (Å²) >= 11 is 5.71. The first-order chi connectivity index (χ1) is 12.3. The highest BCUT2D eigenvalue weighted by molar-refractivity contribution is 7.92. The molecule has 0 spiro atoms. The third-order valence-electron chi connectivity index (χ3n) is 3.53. The molecule has 1 N–H and O–H groups in total. The summed E-state index contributed by atoms with van der Waals surface area (Å²) in [4.78, 5) is 9.93. The lowest BCUT2D eigenvalue weighted by Crippen LogP contribution is -2.13. The van der Waals surface area contributed by atoms with E-state index in [-0.39, 0.29) is 9.92 Å². The number of nitrogens with zero attached hydrogens (tertiary/aromatic N) is 4. The summed E-state index contributed by atoms with van der Waals surface area (Å²) in [7, 11) is -2.22. The molecule has 2 aromatic carbocycles. The summed E-state index contributed by atoms with van der Waals surface area (Å²) in [6, 6.07) is 9.78. The van der Waals surface area contributed by atoms with Crippen molar-refractivity contribution in [2.45, 2.75) is 4.90 Å². The molecule has 0 aliphatic heterocycles. The monoisotopic (exact) mass is 393 g/mol. The van der Waals surface area contributed by atoms with Crippen LogP contribution in [0.3, 0.4) is 0 Å². The molecular weight excluding hydrogens is 382 g/mol. The molecular formula is C15H12ClN5O4S. The van der Waals surface area contributed by atoms with E-state index in [2.05, 4.69) is 14.9 Å². The molecule has 0 bridgehead atoms. The van der Waals surface area contributed by atoms with Crippen molar-refractivity contribution in [2.75, 3.05) is 4.72 Å². The van der Waals surface area contributed by atoms with E-state index < -0.39 is 20.6 Å². The molecule has 3 aromatic rings. The van der Waals surface area contributed by atoms with Crippen LogP contribution < -0.4 is 4.72 Å². The van der Waals surface area contributed by atoms with Crippen LogP contribution >= 0.6 is 11.6 Å². The van der Waals surface area contributed by atoms with Gasteiger partial charge in [0.15, 0.2) is 5.82 Å². The smallest absolute Gasteiger partial charge is 0.289 e. The highest BCUT2D eigenvalue weighted by Gasteiger charge is 2.21. The van der Waals surface area contributed by atoms with E-state index in [0.717, 1.165) is 11.6 Å². The molecule has 11 heteroatoms. The second-order valence-electron chi connectivity index (χ2n) is 5.32. The molecule has 9 nitrogen and oxygen atoms in total. The number of benzene rings is 2. The number of sulfonamides is 1. The van der Waals surface area contributed by atoms with Crippen LogP contribution in [-0.4, -0.2) is 28.1 Å². The van der Waals surface area contributed by atoms with Crippen LogP contribution in [0.2, 0.25) is 5.02 Å². The molecule has 0 radical (unpaired) electrons. The van der Waals surface area contributed by atoms with Crippen molar-refractivity contribution in [2.24, 2.45) is 7.05 Å². The summed E-state index contributed by atoms with van der Waals surface area (Å²) in [5.41, 5.74) is 0.579. The number of rotatable bonds is 5. The van der Waals surface area contributed by atoms with Gasteiger partial charge in [0.25, 0.3) is 15.7 Å². The lowest BCUT2D eigenvalue weighted by Gasteiger charge is -2.09. The van der Waals surface area contributed by atoms with Crippen molar-refractivity contribution in [3.63, 3.8) is 0 Å². The Hall–Kier alpha value is -2.98. The first-order valence-corrected chi connectivity index (χ1v) is 9.05. The minimum Gasteiger partial charge on any atom is -0.317 e. The predicted octanol–water partition coefficient (Wildman–Crippen LogP) is 2.84. The fourth-order valence-corrected chi connectivity index (χ4v) is 3.51. The van der Waals surface area contributed by atoms with Crippen molar-refractivity contribution in [3.05, 3.63) is 63.9 Å². The molecule has 0 saturated heterocycles. The van der Waals surface area contributed by atoms with Gasteiger partial charge in [0.2, 0.25) is 0 Å². The molecule has 0 fully saturated rings. The van der Waals surface area contributed by atoms with Crippen molar-refractivity contribution in [3.8, 4) is 11.4 Å². The fraction of sp³-hybridized carbons (Fsp3) is 0.0667. The van der Waals surface area contributed by atoms with Crippen LogP contribution in [0, 0.1) is 10.1 Å². The Balaban J connectivity index is 1.87. The highest BCUT2D eigenvalue weighted by atomic mass is 35.5. The molecule has 0 unspecified atom stereocenters. The first-order valence-electron chi connectivity index (χ1n) is 7.19. The van der Waals surface area contributed by atoms with Gasteiger partial charge in [0.1, 0.15) is 11.3 Å². The molecule has 26 heavy (non-hydrogen) atoms. The van der Waals surface area contributed by atoms with E-state index in [9.17, 15) is 18.5 Å². The maximum Gasteiger partial charge on any atom is 0.289 e. The minimum atomic E-state index is -4.01. The Kier molecular flexibility index (Phi) is 4.62. The van der Waals surface area contributed by atoms with E-state index in [4.69, 9.17) is 11.6 Å². The average molecular weight is 394 g/mol. The zero-order valence-corrected chi connectivity index (χ0v) is 14.9. The van der Waals surface area contributed by atoms with Gasteiger partial charge in [-0.15, -0.1) is 10.2 Å². The largest absolute Gasteiger partial charge is 0.317 e. The van der Waals surface area contributed by atoms with E-state index in [0.29, 0.717) is 11.5 Å². The molecule has 0 saturated carbocycles. The highest BCUT2D eigenvalue weighted by Crippen LogP contribution is 2.28. The Morgan fingerprint density at radius 2 is 1.88 bits per heavy atom. The summed E-state index contributed by atoms with van der Waals surface area (Å²) in [5, 5.41) is 18.5. The van der Waals surface area contributed by atoms with Gasteiger partial charge in [-0.25, -0.2) is 8.42 Å². The van der Waals surface area contributed by atoms with E-state index >= 15 is 0 Å². The molecule has 3 rings (SSSR count). The molecule has 0 atom stereocenters. The molecule has 0 amide bonds. The second kappa shape index (κ2) is 6.73. The molecule has 0 aliphatic carbocycles. The maximum absolute atomic E-state index is 12.5. The second-order valence-corrected chi connectivity index (χ2v) is 7.41. The number of halogens is 1. The molecule has 1 heterocycles. The van der Waals surface area contributed by atoms with Gasteiger partial charge in [-0.05, 0) is 36.4 Å². The summed E-state index contributed by atoms with van der Waals surface area (Å²) < 4.78 is 29.0. The summed E-state index contributed by atoms with van der Waals surface area (Å²) in [5.74, 6) is 0.632. The van der Waals surface area contributed by atoms with Crippen LogP contribution in [0.25, 0.3) is 11.4 Å². The normalized spacial score (nSPS) is 11.3. The SMILES string of the molecule is Cn1cnnc1-c1ccc(NS(=O)(=O)c2ccc(Cl)c([N+](=O)[O-])c2)cc1. The van der Waals surface area contributed by atoms with Crippen molar-refractivity contribution in [1.29, 1.82) is 0 Å². The van der Waals surface area contributed by atoms with Gasteiger partial charge in [-0.1, -0.05) is 11.6 Å². The molecule has 134 valence electrons. The van der Waals surface area contributed by atoms with Gasteiger partial charge >= 0.3 is 0 Å². The summed E-state index contributed by atoms with van der Waals surface area (Å²) in [6.45, 7) is 0. The van der Waals surface area contributed by atoms with Crippen molar-refractivity contribution >= 4 is 33.0 Å². The Morgan fingerprint density at radius 3 is 2.46 bits per heavy atom. The van der Waals surface area contributed by atoms with Crippen LogP contribution in [0.15, 0.2) is 53.7 Å². The van der Waals surface area contributed by atoms with Crippen LogP contribution in [0.4, 0.5) is 11.4 Å². The quantitative estimate of drug-likeness (QED) is 0.525. The number of nitro benzene ring substituents is 1. The number of nitro groups is 1. The Labute approximate surface area is 153 Å². The topological polar surface area (TPSA) is 120 Å². The molecule has 1 aromatic heterocycles. The first kappa shape index (κ1) is 17.8. The third-order valence-corrected chi connectivity index (χ3v) is 5.23. The van der Waals surface area contributed by atoms with Crippen LogP contribution in [0.5, 0.6) is 0 Å². The van der Waals surface area contributed by atoms with E-state index in [1.54, 1.807) is 42.2 Å². The van der Waals surface area contributed by atoms with E-state index in [1.807, 2.05) is 0 Å². The Morgan fingerprint density at radius 1 is 1.19 bits per heavy atom. The Bertz CT molecular complexity index is 1080. The van der Waals surface area contributed by atoms with Gasteiger partial charge in [-0.2, -0.15) is 0 Å². The zero-order valence-electron chi connectivity index (χ0n) is 13.3. The van der Waals surface area contributed by atoms with Crippen molar-refractivity contribution < 1.29 is 13.3 Å². The lowest BCUT2D eigenvalue weighted by atomic mass is 10.2. The standard InChI is InChI=1S/C15H12ClN5O4S/c1-20-9-17-18-15(20)10-2-4-11(5-3-10)19-26(24,25)12-6-7-13(16)14(8-12)21(22)23/h2-9,19H,1H3. The van der Waals surface area contributed by atoms with Gasteiger partial charge in [0.05, 0.1) is 9.82 Å². The number of hydrogen-bond acceptors (Lipinski definition) is 6. The number of nitrogens with one attached hydrogen (secondary N) is 1. The maximum atomic E-state index is 12.5. The minimum absolute atomic E-state index is 0.137. The third kappa shape index (κ3) is 3.51. The van der Waals surface area contributed by atoms with Crippen molar-refractivity contribution in [1.82, 2.24) is 14.8 Å². The van der Waals surface area contributed by atoms with Gasteiger partial charge < -0.3 is 4.57 Å². The predicted molar refractivity (Wildman–Crippen MR) is 95.4 cm³/mol. The van der Waals surface area contributed by atoms with Crippen LogP contribution in [-0.2, 0) is 17.1 Å². The average Bonchev–Trinajstić information content (AvgIpc) is 3.01. The number of aromatic nitrogens is 3. The number of hydrogen-bond donors (Lipinski definition) is 1. The summed E-state index contributed by atoms with van der Waals surface area (Å²) in [6.07, 6.45) is 1.55. The van der Waals surface area contributed by atoms with Gasteiger partial charge in [-0.3, -0.25) is 14.8 Å². The zero-order chi connectivity index (χ0) is 18.9. The van der Waals surface area contributed by atoms with Crippen LogP contribution in [0.1, 0.15) is 0 Å². The number of anilines is 1. The molecule has 0 aliphatic rings. The van der Waals surface area contributed by atoms with Gasteiger partial charge in [0, 0.05) is 24.4 Å². The number of aryl methyl sites for hydroxylation is 1. The lowest BCUT2D eigenvalue weighted by molar-refractivity contribution is -0.384. The fourth-order valence-electron chi connectivity index (χ4n) is 2.25. The van der Waals surface area contributed by atoms with E-state index in [1.165, 1.54) is 12.1 Å².